The number of methoxy groups -OCH3 is 3. The van der Waals surface area contributed by atoms with Crippen molar-refractivity contribution < 1.29 is 58.2 Å². The van der Waals surface area contributed by atoms with Gasteiger partial charge in [0.2, 0.25) is 5.79 Å². The number of ether oxygens (including phenoxy) is 5. The van der Waals surface area contributed by atoms with E-state index >= 15 is 0 Å². The van der Waals surface area contributed by atoms with Gasteiger partial charge in [-0.3, -0.25) is 14.4 Å². The number of amides is 1. The maximum Gasteiger partial charge on any atom is 0.329 e. The zero-order chi connectivity index (χ0) is 43.6. The highest BCUT2D eigenvalue weighted by molar-refractivity contribution is 6.39. The van der Waals surface area contributed by atoms with Crippen molar-refractivity contribution in [2.45, 2.75) is 160 Å². The maximum absolute atomic E-state index is 14.4. The standard InChI is InChI=1S/C45H72N2O12/c1-26-19-27(2)21-38(56-7)41-39(57-8)23-29(4)45(54,59-41)42(51)43(52)47-18-12-10-14-33(47)44(53)58-40(28(3)22-31-15-16-34(48)37(24-31)55-6)30(5)35(49)25-36(50)32(20-26)13-9-11-17-46/h9,11,20,22,27,29-35,37-41,48-49,54H,10,12-19,21,23-25,46H2,1-8H3/b11-9+,26-20+,28-22+/t27-,29+,30+,31-,32+,33-,34+,35-,37+,38-,39-,40+,41+,45+/m0/s1. The fourth-order valence-electron chi connectivity index (χ4n) is 9.58. The Morgan fingerprint density at radius 3 is 2.25 bits per heavy atom. The van der Waals surface area contributed by atoms with E-state index < -0.39 is 83.9 Å². The molecule has 0 radical (unpaired) electrons. The molecule has 0 aromatic carbocycles. The molecule has 2 bridgehead atoms. The number of carbonyl (C=O) groups is 4. The molecule has 14 nitrogen and oxygen atoms in total. The largest absolute Gasteiger partial charge is 0.456 e. The van der Waals surface area contributed by atoms with Gasteiger partial charge >= 0.3 is 5.97 Å². The number of esters is 1. The molecule has 59 heavy (non-hydrogen) atoms. The second-order valence-corrected chi connectivity index (χ2v) is 17.7. The lowest BCUT2D eigenvalue weighted by molar-refractivity contribution is -0.302. The van der Waals surface area contributed by atoms with E-state index in [4.69, 9.17) is 29.4 Å². The number of aliphatic hydroxyl groups is 3. The lowest BCUT2D eigenvalue weighted by Gasteiger charge is -2.47. The first-order chi connectivity index (χ1) is 28.0. The van der Waals surface area contributed by atoms with Gasteiger partial charge in [-0.1, -0.05) is 50.6 Å². The summed E-state index contributed by atoms with van der Waals surface area (Å²) in [6, 6.07) is -1.15. The van der Waals surface area contributed by atoms with Crippen molar-refractivity contribution in [2.75, 3.05) is 34.4 Å². The molecule has 3 heterocycles. The van der Waals surface area contributed by atoms with E-state index in [-0.39, 0.29) is 49.5 Å². The van der Waals surface area contributed by atoms with Crippen molar-refractivity contribution in [2.24, 2.45) is 35.3 Å². The lowest BCUT2D eigenvalue weighted by Crippen LogP contribution is -2.64. The number of cyclic esters (lactones) is 1. The molecule has 4 aliphatic rings. The quantitative estimate of drug-likeness (QED) is 0.156. The van der Waals surface area contributed by atoms with Crippen LogP contribution < -0.4 is 5.73 Å². The van der Waals surface area contributed by atoms with Gasteiger partial charge in [0.1, 0.15) is 24.0 Å². The third-order valence-corrected chi connectivity index (χ3v) is 13.1. The molecule has 3 aliphatic heterocycles. The van der Waals surface area contributed by atoms with Crippen LogP contribution in [0.4, 0.5) is 0 Å². The van der Waals surface area contributed by atoms with Gasteiger partial charge in [-0.15, -0.1) is 0 Å². The van der Waals surface area contributed by atoms with Gasteiger partial charge in [0.25, 0.3) is 11.7 Å². The lowest BCUT2D eigenvalue weighted by atomic mass is 9.81. The monoisotopic (exact) mass is 833 g/mol. The number of nitrogens with zero attached hydrogens (tertiary/aromatic N) is 1. The van der Waals surface area contributed by atoms with Crippen LogP contribution in [-0.4, -0.2) is 133 Å². The van der Waals surface area contributed by atoms with Crippen LogP contribution in [0.2, 0.25) is 0 Å². The molecule has 0 spiro atoms. The molecule has 3 fully saturated rings. The van der Waals surface area contributed by atoms with E-state index in [1.807, 2.05) is 39.0 Å². The number of ketones is 2. The van der Waals surface area contributed by atoms with Crippen LogP contribution in [0.25, 0.3) is 0 Å². The highest BCUT2D eigenvalue weighted by Gasteiger charge is 2.56. The predicted octanol–water partition coefficient (Wildman–Crippen LogP) is 3.97. The van der Waals surface area contributed by atoms with Crippen molar-refractivity contribution in [1.29, 1.82) is 0 Å². The summed E-state index contributed by atoms with van der Waals surface area (Å²) in [6.07, 6.45) is 6.80. The molecule has 334 valence electrons. The van der Waals surface area contributed by atoms with Crippen molar-refractivity contribution in [3.05, 3.63) is 35.5 Å². The van der Waals surface area contributed by atoms with Gasteiger partial charge in [0.05, 0.1) is 30.5 Å². The topological polar surface area (TPSA) is 204 Å². The number of Topliss-reactive ketones (excluding diaryl/α,β-unsaturated/α-hetero) is 2. The minimum absolute atomic E-state index is 0.00322. The van der Waals surface area contributed by atoms with Gasteiger partial charge in [-0.05, 0) is 95.5 Å². The maximum atomic E-state index is 14.4. The average Bonchev–Trinajstić information content (AvgIpc) is 3.21. The van der Waals surface area contributed by atoms with Crippen LogP contribution in [0.15, 0.2) is 35.5 Å². The molecule has 14 heteroatoms. The van der Waals surface area contributed by atoms with Crippen molar-refractivity contribution in [3.63, 3.8) is 0 Å². The number of rotatable bonds is 8. The number of nitrogens with two attached hydrogens (primary N) is 1. The summed E-state index contributed by atoms with van der Waals surface area (Å²) in [5.74, 6) is -7.84. The summed E-state index contributed by atoms with van der Waals surface area (Å²) in [5.41, 5.74) is 7.33. The zero-order valence-corrected chi connectivity index (χ0v) is 36.5. The first-order valence-corrected chi connectivity index (χ1v) is 21.6. The highest BCUT2D eigenvalue weighted by atomic mass is 16.7. The van der Waals surface area contributed by atoms with Gasteiger partial charge in [-0.2, -0.15) is 0 Å². The van der Waals surface area contributed by atoms with Gasteiger partial charge in [0, 0.05) is 58.6 Å². The molecular weight excluding hydrogens is 760 g/mol. The number of carbonyl (C=O) groups excluding carboxylic acids is 4. The Morgan fingerprint density at radius 2 is 1.59 bits per heavy atom. The van der Waals surface area contributed by atoms with Crippen LogP contribution in [0, 0.1) is 29.6 Å². The van der Waals surface area contributed by atoms with E-state index in [0.29, 0.717) is 63.5 Å². The number of hydrogen-bond acceptors (Lipinski definition) is 13. The van der Waals surface area contributed by atoms with Crippen molar-refractivity contribution in [3.8, 4) is 0 Å². The van der Waals surface area contributed by atoms with E-state index in [0.717, 1.165) is 5.57 Å². The van der Waals surface area contributed by atoms with E-state index in [1.54, 1.807) is 27.0 Å². The van der Waals surface area contributed by atoms with Crippen molar-refractivity contribution >= 4 is 23.4 Å². The first-order valence-electron chi connectivity index (χ1n) is 21.6. The Hall–Kier alpha value is -2.82. The van der Waals surface area contributed by atoms with Gasteiger partial charge in [-0.25, -0.2) is 4.79 Å². The Morgan fingerprint density at radius 1 is 0.915 bits per heavy atom. The number of hydrogen-bond donors (Lipinski definition) is 4. The third kappa shape index (κ3) is 12.2. The summed E-state index contributed by atoms with van der Waals surface area (Å²) in [4.78, 5) is 58.1. The molecule has 0 unspecified atom stereocenters. The van der Waals surface area contributed by atoms with E-state index in [1.165, 1.54) is 19.1 Å². The first kappa shape index (κ1) is 48.8. The predicted molar refractivity (Wildman–Crippen MR) is 221 cm³/mol. The van der Waals surface area contributed by atoms with Crippen LogP contribution in [-0.2, 0) is 42.9 Å². The summed E-state index contributed by atoms with van der Waals surface area (Å²) >= 11 is 0. The molecule has 1 amide bonds. The van der Waals surface area contributed by atoms with E-state index in [9.17, 15) is 34.5 Å². The smallest absolute Gasteiger partial charge is 0.329 e. The molecule has 1 aliphatic carbocycles. The zero-order valence-electron chi connectivity index (χ0n) is 36.5. The third-order valence-electron chi connectivity index (χ3n) is 13.1. The fraction of sp³-hybridized carbons (Fsp3) is 0.778. The summed E-state index contributed by atoms with van der Waals surface area (Å²) in [7, 11) is 4.61. The molecule has 2 saturated heterocycles. The van der Waals surface area contributed by atoms with Crippen molar-refractivity contribution in [1.82, 2.24) is 4.90 Å². The summed E-state index contributed by atoms with van der Waals surface area (Å²) < 4.78 is 29.8. The molecule has 0 aromatic heterocycles. The van der Waals surface area contributed by atoms with Crippen LogP contribution in [0.5, 0.6) is 0 Å². The van der Waals surface area contributed by atoms with Crippen LogP contribution >= 0.6 is 0 Å². The number of piperidine rings is 1. The summed E-state index contributed by atoms with van der Waals surface area (Å²) in [5, 5.41) is 34.3. The Bertz CT molecular complexity index is 1530. The fourth-order valence-corrected chi connectivity index (χ4v) is 9.58. The van der Waals surface area contributed by atoms with Crippen LogP contribution in [0.1, 0.15) is 105 Å². The molecule has 14 atom stereocenters. The van der Waals surface area contributed by atoms with Gasteiger partial charge < -0.3 is 49.6 Å². The minimum Gasteiger partial charge on any atom is -0.456 e. The Balaban J connectivity index is 1.79. The molecule has 5 N–H and O–H groups in total. The minimum atomic E-state index is -2.52. The SMILES string of the molecule is CO[C@H]1C[C@@H](C)C/C(C)=C/[C@@H](C/C=C/CN)C(=O)C[C@H](O)[C@@H](C)[C@@H](/C(C)=C/[C@@H]2CC[C@@H](O)[C@H](OC)C2)OC(=O)[C@@H]2CCCCN2C(=O)C(=O)[C@]2(O)O[C@H]1[C@@H](OC)C[C@H]2C. The van der Waals surface area contributed by atoms with Gasteiger partial charge in [0.15, 0.2) is 0 Å². The number of aliphatic hydroxyl groups excluding tert-OH is 2. The second kappa shape index (κ2) is 22.3. The highest BCUT2D eigenvalue weighted by Crippen LogP contribution is 2.39. The summed E-state index contributed by atoms with van der Waals surface area (Å²) in [6.45, 7) is 9.57. The number of fused-ring (bicyclic) bond motifs is 3. The molecule has 4 rings (SSSR count). The molecule has 1 saturated carbocycles. The average molecular weight is 833 g/mol. The normalized spacial score (nSPS) is 40.2. The Labute approximate surface area is 350 Å². The Kier molecular flexibility index (Phi) is 18.5. The van der Waals surface area contributed by atoms with Crippen LogP contribution in [0.3, 0.4) is 0 Å². The number of allylic oxidation sites excluding steroid dienone is 4. The molecule has 0 aromatic rings. The molecular formula is C45H72N2O12. The second-order valence-electron chi connectivity index (χ2n) is 17.7. The van der Waals surface area contributed by atoms with E-state index in [2.05, 4.69) is 0 Å².